The maximum absolute atomic E-state index is 10.3. The molecule has 9 heteroatoms. The van der Waals surface area contributed by atoms with Crippen LogP contribution in [-0.2, 0) is 4.74 Å². The van der Waals surface area contributed by atoms with Crippen molar-refractivity contribution in [2.45, 2.75) is 50.9 Å². The van der Waals surface area contributed by atoms with Crippen molar-refractivity contribution in [3.05, 3.63) is 35.2 Å². The van der Waals surface area contributed by atoms with Crippen molar-refractivity contribution >= 4 is 34.0 Å². The number of benzene rings is 1. The third-order valence-electron chi connectivity index (χ3n) is 7.04. The second kappa shape index (κ2) is 7.30. The summed E-state index contributed by atoms with van der Waals surface area (Å²) in [6.07, 6.45) is 4.63. The zero-order valence-corrected chi connectivity index (χ0v) is 19.1. The number of nitrogens with zero attached hydrogens (tertiary/aromatic N) is 6. The number of aliphatic hydroxyl groups is 1. The van der Waals surface area contributed by atoms with Crippen LogP contribution in [0.15, 0.2) is 24.4 Å². The van der Waals surface area contributed by atoms with Crippen LogP contribution < -0.4 is 9.80 Å². The maximum atomic E-state index is 10.3. The first-order valence-electron chi connectivity index (χ1n) is 11.3. The monoisotopic (exact) mass is 454 g/mol. The van der Waals surface area contributed by atoms with Gasteiger partial charge in [-0.05, 0) is 45.2 Å². The van der Waals surface area contributed by atoms with Gasteiger partial charge in [-0.25, -0.2) is 14.6 Å². The van der Waals surface area contributed by atoms with Gasteiger partial charge in [0.25, 0.3) is 0 Å². The molecule has 0 spiro atoms. The molecule has 32 heavy (non-hydrogen) atoms. The predicted molar refractivity (Wildman–Crippen MR) is 124 cm³/mol. The van der Waals surface area contributed by atoms with Crippen LogP contribution >= 0.6 is 11.6 Å². The molecular weight excluding hydrogens is 428 g/mol. The normalized spacial score (nSPS) is 24.6. The number of piperidine rings is 1. The lowest BCUT2D eigenvalue weighted by Crippen LogP contribution is -2.42. The van der Waals surface area contributed by atoms with Crippen LogP contribution in [0.3, 0.4) is 0 Å². The zero-order chi connectivity index (χ0) is 22.0. The molecule has 5 heterocycles. The fraction of sp³-hybridized carbons (Fsp3) is 0.522. The van der Waals surface area contributed by atoms with Crippen molar-refractivity contribution in [1.29, 1.82) is 0 Å². The van der Waals surface area contributed by atoms with Crippen LogP contribution in [0.1, 0.15) is 32.0 Å². The van der Waals surface area contributed by atoms with E-state index < -0.39 is 5.60 Å². The van der Waals surface area contributed by atoms with Crippen molar-refractivity contribution in [3.8, 4) is 5.82 Å². The number of hydrogen-bond acceptors (Lipinski definition) is 7. The molecule has 3 aliphatic heterocycles. The fourth-order valence-corrected chi connectivity index (χ4v) is 5.45. The average Bonchev–Trinajstić information content (AvgIpc) is 3.48. The summed E-state index contributed by atoms with van der Waals surface area (Å²) in [6, 6.07) is 6.46. The number of rotatable bonds is 3. The molecule has 168 valence electrons. The van der Waals surface area contributed by atoms with Crippen molar-refractivity contribution in [2.75, 3.05) is 36.0 Å². The number of hydrogen-bond donors (Lipinski definition) is 1. The number of fused-ring (bicyclic) bond motifs is 3. The van der Waals surface area contributed by atoms with Crippen molar-refractivity contribution < 1.29 is 9.84 Å². The molecule has 8 nitrogen and oxygen atoms in total. The SMILES string of the molecule is Cc1nc(N2C[C@H]3C[C@@H]2CO3)cc(-n2ncc3cc(Cl)c(N4CCC(C)(O)CC4)cc32)n1. The molecule has 0 unspecified atom stereocenters. The maximum Gasteiger partial charge on any atom is 0.159 e. The number of halogens is 1. The van der Waals surface area contributed by atoms with E-state index >= 15 is 0 Å². The van der Waals surface area contributed by atoms with Gasteiger partial charge in [-0.3, -0.25) is 0 Å². The molecule has 0 amide bonds. The second-order valence-electron chi connectivity index (χ2n) is 9.53. The lowest BCUT2D eigenvalue weighted by Gasteiger charge is -2.37. The van der Waals surface area contributed by atoms with Crippen LogP contribution in [-0.4, -0.2) is 68.8 Å². The predicted octanol–water partition coefficient (Wildman–Crippen LogP) is 3.11. The highest BCUT2D eigenvalue weighted by Crippen LogP contribution is 2.36. The fourth-order valence-electron chi connectivity index (χ4n) is 5.16. The van der Waals surface area contributed by atoms with E-state index in [2.05, 4.69) is 21.0 Å². The van der Waals surface area contributed by atoms with Gasteiger partial charge in [0.05, 0.1) is 46.8 Å². The van der Waals surface area contributed by atoms with Crippen molar-refractivity contribution in [3.63, 3.8) is 0 Å². The van der Waals surface area contributed by atoms with Gasteiger partial charge in [0.2, 0.25) is 0 Å². The molecule has 3 aromatic rings. The van der Waals surface area contributed by atoms with Gasteiger partial charge < -0.3 is 19.6 Å². The summed E-state index contributed by atoms with van der Waals surface area (Å²) in [6.45, 7) is 6.99. The molecule has 3 saturated heterocycles. The zero-order valence-electron chi connectivity index (χ0n) is 18.3. The molecular formula is C23H27ClN6O2. The molecule has 2 bridgehead atoms. The van der Waals surface area contributed by atoms with Gasteiger partial charge >= 0.3 is 0 Å². The minimum atomic E-state index is -0.607. The standard InChI is InChI=1S/C23H27ClN6O2/c1-14-26-21(29-12-17-8-16(29)13-32-17)10-22(27-14)30-19-9-20(18(24)7-15(19)11-25-30)28-5-3-23(2,31)4-6-28/h7,9-11,16-17,31H,3-6,8,12-13H2,1-2H3/t16-,17-/m1/s1. The molecule has 2 aromatic heterocycles. The number of aromatic nitrogens is 4. The smallest absolute Gasteiger partial charge is 0.159 e. The number of morpholine rings is 1. The third-order valence-corrected chi connectivity index (χ3v) is 7.34. The van der Waals surface area contributed by atoms with Crippen molar-refractivity contribution in [1.82, 2.24) is 19.7 Å². The molecule has 6 rings (SSSR count). The van der Waals surface area contributed by atoms with E-state index in [0.29, 0.717) is 17.2 Å². The summed E-state index contributed by atoms with van der Waals surface area (Å²) >= 11 is 6.65. The average molecular weight is 455 g/mol. The van der Waals surface area contributed by atoms with E-state index in [-0.39, 0.29) is 0 Å². The first-order chi connectivity index (χ1) is 15.4. The molecule has 0 saturated carbocycles. The Morgan fingerprint density at radius 1 is 1.16 bits per heavy atom. The Hall–Kier alpha value is -2.42. The van der Waals surface area contributed by atoms with Crippen LogP contribution in [0.5, 0.6) is 0 Å². The molecule has 0 aliphatic carbocycles. The Kier molecular flexibility index (Phi) is 4.61. The van der Waals surface area contributed by atoms with E-state index in [1.54, 1.807) is 0 Å². The Morgan fingerprint density at radius 3 is 2.66 bits per heavy atom. The summed E-state index contributed by atoms with van der Waals surface area (Å²) in [5.74, 6) is 2.40. The molecule has 1 aromatic carbocycles. The number of aryl methyl sites for hydroxylation is 1. The minimum absolute atomic E-state index is 0.305. The van der Waals surface area contributed by atoms with Crippen LogP contribution in [0.2, 0.25) is 5.02 Å². The molecule has 0 radical (unpaired) electrons. The lowest BCUT2D eigenvalue weighted by atomic mass is 9.93. The van der Waals surface area contributed by atoms with Crippen LogP contribution in [0, 0.1) is 6.92 Å². The van der Waals surface area contributed by atoms with Gasteiger partial charge in [-0.15, -0.1) is 0 Å². The molecule has 2 atom stereocenters. The van der Waals surface area contributed by atoms with E-state index in [9.17, 15) is 5.11 Å². The summed E-state index contributed by atoms with van der Waals surface area (Å²) in [4.78, 5) is 14.0. The lowest BCUT2D eigenvalue weighted by molar-refractivity contribution is 0.0351. The Morgan fingerprint density at radius 2 is 1.94 bits per heavy atom. The largest absolute Gasteiger partial charge is 0.390 e. The summed E-state index contributed by atoms with van der Waals surface area (Å²) in [5.41, 5.74) is 1.32. The Bertz CT molecular complexity index is 1180. The van der Waals surface area contributed by atoms with Gasteiger partial charge in [0.15, 0.2) is 5.82 Å². The third kappa shape index (κ3) is 3.41. The highest BCUT2D eigenvalue weighted by Gasteiger charge is 2.40. The van der Waals surface area contributed by atoms with Gasteiger partial charge in [-0.1, -0.05) is 11.6 Å². The Balaban J connectivity index is 1.38. The van der Waals surface area contributed by atoms with E-state index in [1.807, 2.05) is 36.9 Å². The first-order valence-corrected chi connectivity index (χ1v) is 11.6. The van der Waals surface area contributed by atoms with Crippen LogP contribution in [0.25, 0.3) is 16.7 Å². The molecule has 3 aliphatic rings. The molecule has 1 N–H and O–H groups in total. The summed E-state index contributed by atoms with van der Waals surface area (Å²) < 4.78 is 7.63. The van der Waals surface area contributed by atoms with Gasteiger partial charge in [-0.2, -0.15) is 5.10 Å². The first kappa shape index (κ1) is 20.2. The van der Waals surface area contributed by atoms with Gasteiger partial charge in [0.1, 0.15) is 11.6 Å². The highest BCUT2D eigenvalue weighted by atomic mass is 35.5. The minimum Gasteiger partial charge on any atom is -0.390 e. The molecule has 3 fully saturated rings. The van der Waals surface area contributed by atoms with E-state index in [4.69, 9.17) is 26.3 Å². The quantitative estimate of drug-likeness (QED) is 0.651. The van der Waals surface area contributed by atoms with Crippen molar-refractivity contribution in [2.24, 2.45) is 0 Å². The summed E-state index contributed by atoms with van der Waals surface area (Å²) in [7, 11) is 0. The number of ether oxygens (including phenoxy) is 1. The Labute approximate surface area is 191 Å². The highest BCUT2D eigenvalue weighted by molar-refractivity contribution is 6.34. The van der Waals surface area contributed by atoms with Crippen LogP contribution in [0.4, 0.5) is 11.5 Å². The summed E-state index contributed by atoms with van der Waals surface area (Å²) in [5, 5.41) is 16.6. The van der Waals surface area contributed by atoms with E-state index in [1.165, 1.54) is 0 Å². The van der Waals surface area contributed by atoms with E-state index in [0.717, 1.165) is 79.6 Å². The topological polar surface area (TPSA) is 79.5 Å². The number of anilines is 2. The second-order valence-corrected chi connectivity index (χ2v) is 9.94. The van der Waals surface area contributed by atoms with Gasteiger partial charge in [0, 0.05) is 31.1 Å².